The number of methoxy groups -OCH3 is 2. The zero-order valence-corrected chi connectivity index (χ0v) is 20.1. The largest absolute Gasteiger partial charge is 0.480 e. The van der Waals surface area contributed by atoms with Gasteiger partial charge in [-0.25, -0.2) is 20.0 Å². The molecule has 1 fully saturated rings. The number of hydroxylamine groups is 1. The van der Waals surface area contributed by atoms with E-state index >= 15 is 0 Å². The second kappa shape index (κ2) is 9.40. The molecule has 0 aliphatic heterocycles. The van der Waals surface area contributed by atoms with Gasteiger partial charge < -0.3 is 14.0 Å². The Morgan fingerprint density at radius 1 is 1.04 bits per heavy atom. The van der Waals surface area contributed by atoms with Crippen LogP contribution in [0, 0.1) is 31.1 Å². The van der Waals surface area contributed by atoms with Gasteiger partial charge in [-0.2, -0.15) is 0 Å². The zero-order chi connectivity index (χ0) is 18.7. The maximum absolute atomic E-state index is 9.54. The van der Waals surface area contributed by atoms with Crippen molar-refractivity contribution in [3.05, 3.63) is 24.7 Å². The first-order valence-electron chi connectivity index (χ1n) is 8.38. The standard InChI is InChI=1S/C15H17N5O3.C3H6.U/c1-19-10(13-14(22-3)17-8-18-15(13)23-4)5-9-6-12(20(2)21)16-7-11(9)19;1-2-3-1;/h5-8,21H,1-4H3;1-3H2;. The minimum absolute atomic E-state index is 0. The average Bonchev–Trinajstić information content (AvgIpc) is 3.51. The summed E-state index contributed by atoms with van der Waals surface area (Å²) < 4.78 is 12.6. The number of fused-ring (bicyclic) bond motifs is 1. The molecule has 1 aliphatic rings. The topological polar surface area (TPSA) is 85.5 Å². The van der Waals surface area contributed by atoms with E-state index in [0.717, 1.165) is 21.7 Å². The molecule has 142 valence electrons. The number of rotatable bonds is 4. The number of aryl methyl sites for hydroxylation is 1. The molecule has 0 radical (unpaired) electrons. The zero-order valence-electron chi connectivity index (χ0n) is 15.9. The minimum atomic E-state index is 0. The van der Waals surface area contributed by atoms with E-state index in [9.17, 15) is 5.21 Å². The van der Waals surface area contributed by atoms with Crippen LogP contribution in [0.25, 0.3) is 22.2 Å². The molecule has 1 aliphatic carbocycles. The van der Waals surface area contributed by atoms with Crippen LogP contribution in [0.2, 0.25) is 0 Å². The number of anilines is 1. The third-order valence-electron chi connectivity index (χ3n) is 4.02. The molecule has 0 amide bonds. The summed E-state index contributed by atoms with van der Waals surface area (Å²) in [5.74, 6) is 1.31. The van der Waals surface area contributed by atoms with Crippen LogP contribution >= 0.6 is 0 Å². The fourth-order valence-corrected chi connectivity index (χ4v) is 2.52. The maximum Gasteiger partial charge on any atom is 0.229 e. The summed E-state index contributed by atoms with van der Waals surface area (Å²) >= 11 is 0. The van der Waals surface area contributed by atoms with E-state index in [1.54, 1.807) is 26.5 Å². The Balaban J connectivity index is 0.000000595. The number of hydrogen-bond acceptors (Lipinski definition) is 7. The molecule has 0 saturated heterocycles. The Morgan fingerprint density at radius 3 is 2.11 bits per heavy atom. The fourth-order valence-electron chi connectivity index (χ4n) is 2.52. The third kappa shape index (κ3) is 4.72. The number of hydrogen-bond donors (Lipinski definition) is 1. The van der Waals surface area contributed by atoms with Gasteiger partial charge in [-0.3, -0.25) is 5.21 Å². The molecule has 1 N–H and O–H groups in total. The van der Waals surface area contributed by atoms with E-state index < -0.39 is 0 Å². The Hall–Kier alpha value is -1.82. The Labute approximate surface area is 181 Å². The first-order chi connectivity index (χ1) is 12.6. The van der Waals surface area contributed by atoms with Crippen molar-refractivity contribution in [1.82, 2.24) is 19.5 Å². The third-order valence-corrected chi connectivity index (χ3v) is 4.02. The van der Waals surface area contributed by atoms with Crippen molar-refractivity contribution in [3.8, 4) is 23.0 Å². The quantitative estimate of drug-likeness (QED) is 0.465. The SMILES string of the molecule is C1CC1.COc1ncnc(OC)c1-c1cc2cc(N(C)O)ncc2n1C.[U]. The molecule has 4 rings (SSSR count). The molecule has 9 heteroatoms. The summed E-state index contributed by atoms with van der Waals surface area (Å²) in [7, 11) is 6.53. The summed E-state index contributed by atoms with van der Waals surface area (Å²) in [6.45, 7) is 0. The second-order valence-electron chi connectivity index (χ2n) is 6.04. The summed E-state index contributed by atoms with van der Waals surface area (Å²) in [5.41, 5.74) is 2.39. The first-order valence-corrected chi connectivity index (χ1v) is 8.38. The van der Waals surface area contributed by atoms with Crippen LogP contribution in [0.1, 0.15) is 19.3 Å². The first kappa shape index (κ1) is 21.5. The second-order valence-corrected chi connectivity index (χ2v) is 6.04. The van der Waals surface area contributed by atoms with Crippen molar-refractivity contribution in [2.45, 2.75) is 19.3 Å². The smallest absolute Gasteiger partial charge is 0.229 e. The summed E-state index contributed by atoms with van der Waals surface area (Å²) in [5, 5.41) is 11.4. The van der Waals surface area contributed by atoms with Gasteiger partial charge in [0, 0.05) is 50.6 Å². The summed E-state index contributed by atoms with van der Waals surface area (Å²) in [6, 6.07) is 3.75. The van der Waals surface area contributed by atoms with Crippen LogP contribution in [0.3, 0.4) is 0 Å². The van der Waals surface area contributed by atoms with Crippen molar-refractivity contribution in [2.75, 3.05) is 26.3 Å². The molecule has 0 bridgehead atoms. The van der Waals surface area contributed by atoms with Crippen LogP contribution in [0.5, 0.6) is 11.8 Å². The van der Waals surface area contributed by atoms with Gasteiger partial charge in [0.15, 0.2) is 5.82 Å². The van der Waals surface area contributed by atoms with E-state index in [1.165, 1.54) is 32.6 Å². The van der Waals surface area contributed by atoms with Crippen molar-refractivity contribution in [2.24, 2.45) is 7.05 Å². The van der Waals surface area contributed by atoms with E-state index in [0.29, 0.717) is 23.1 Å². The van der Waals surface area contributed by atoms with Gasteiger partial charge in [0.05, 0.1) is 31.6 Å². The average molecular weight is 595 g/mol. The summed E-state index contributed by atoms with van der Waals surface area (Å²) in [6.07, 6.45) is 7.59. The molecule has 0 spiro atoms. The molecule has 3 aromatic rings. The normalized spacial score (nSPS) is 11.9. The molecule has 3 heterocycles. The molecule has 8 nitrogen and oxygen atoms in total. The number of aromatic nitrogens is 4. The predicted molar refractivity (Wildman–Crippen MR) is 98.9 cm³/mol. The van der Waals surface area contributed by atoms with Crippen LogP contribution in [-0.2, 0) is 7.05 Å². The summed E-state index contributed by atoms with van der Waals surface area (Å²) in [4.78, 5) is 12.5. The van der Waals surface area contributed by atoms with Crippen LogP contribution < -0.4 is 14.5 Å². The molecule has 0 aromatic carbocycles. The molecular weight excluding hydrogens is 572 g/mol. The number of ether oxygens (including phenoxy) is 2. The molecule has 1 saturated carbocycles. The number of nitrogens with zero attached hydrogens (tertiary/aromatic N) is 5. The monoisotopic (exact) mass is 595 g/mol. The molecule has 27 heavy (non-hydrogen) atoms. The van der Waals surface area contributed by atoms with Crippen molar-refractivity contribution in [1.29, 1.82) is 0 Å². The molecular formula is C18H23N5O3U. The molecule has 0 atom stereocenters. The van der Waals surface area contributed by atoms with Gasteiger partial charge in [-0.15, -0.1) is 0 Å². The van der Waals surface area contributed by atoms with E-state index in [2.05, 4.69) is 15.0 Å². The van der Waals surface area contributed by atoms with Crippen LogP contribution in [0.4, 0.5) is 5.82 Å². The van der Waals surface area contributed by atoms with Crippen molar-refractivity contribution >= 4 is 16.7 Å². The van der Waals surface area contributed by atoms with Gasteiger partial charge in [-0.1, -0.05) is 19.3 Å². The van der Waals surface area contributed by atoms with E-state index in [1.807, 2.05) is 17.7 Å². The van der Waals surface area contributed by atoms with E-state index in [-0.39, 0.29) is 31.1 Å². The fraction of sp³-hybridized carbons (Fsp3) is 0.389. The maximum atomic E-state index is 9.54. The van der Waals surface area contributed by atoms with Gasteiger partial charge in [0.1, 0.15) is 11.9 Å². The predicted octanol–water partition coefficient (Wildman–Crippen LogP) is 3.04. The van der Waals surface area contributed by atoms with Gasteiger partial charge in [0.2, 0.25) is 11.8 Å². The van der Waals surface area contributed by atoms with Crippen LogP contribution in [-0.4, -0.2) is 46.0 Å². The van der Waals surface area contributed by atoms with Gasteiger partial charge in [-0.05, 0) is 12.1 Å². The van der Waals surface area contributed by atoms with Crippen molar-refractivity contribution < 1.29 is 45.8 Å². The van der Waals surface area contributed by atoms with E-state index in [4.69, 9.17) is 9.47 Å². The Kier molecular flexibility index (Phi) is 7.48. The van der Waals surface area contributed by atoms with Gasteiger partial charge >= 0.3 is 0 Å². The number of pyridine rings is 1. The Bertz CT molecular complexity index is 886. The Morgan fingerprint density at radius 2 is 1.63 bits per heavy atom. The molecule has 0 unspecified atom stereocenters. The molecule has 3 aromatic heterocycles. The van der Waals surface area contributed by atoms with Crippen LogP contribution in [0.15, 0.2) is 24.7 Å². The van der Waals surface area contributed by atoms with Gasteiger partial charge in [0.25, 0.3) is 0 Å². The van der Waals surface area contributed by atoms with Crippen molar-refractivity contribution in [3.63, 3.8) is 0 Å². The minimum Gasteiger partial charge on any atom is -0.480 e.